The van der Waals surface area contributed by atoms with Crippen LogP contribution in [0.1, 0.15) is 69.2 Å². The molecule has 7 heteroatoms. The summed E-state index contributed by atoms with van der Waals surface area (Å²) in [7, 11) is -2.10. The SMILES string of the molecule is C=C(/C(=C/COCc1ccccc1)COCc1ccccc1)[C@H](O)[C@H](OCc1ccccc1)C(=O)CCC[C@@H](O[Si](C)(C)C(C)(C)C)[C@H](C)Cc1ccccc1. The zero-order valence-electron chi connectivity index (χ0n) is 34.5. The van der Waals surface area contributed by atoms with E-state index < -0.39 is 20.5 Å². The van der Waals surface area contributed by atoms with Gasteiger partial charge in [-0.15, -0.1) is 0 Å². The monoisotopic (exact) mass is 776 g/mol. The van der Waals surface area contributed by atoms with Crippen molar-refractivity contribution in [2.75, 3.05) is 13.2 Å². The summed E-state index contributed by atoms with van der Waals surface area (Å²) in [6.45, 7) is 19.4. The third-order valence-corrected chi connectivity index (χ3v) is 15.3. The maximum atomic E-state index is 14.2. The molecule has 300 valence electrons. The summed E-state index contributed by atoms with van der Waals surface area (Å²) >= 11 is 0. The van der Waals surface area contributed by atoms with Crippen LogP contribution in [0.15, 0.2) is 145 Å². The van der Waals surface area contributed by atoms with Crippen LogP contribution in [0.5, 0.6) is 0 Å². The molecule has 4 atom stereocenters. The summed E-state index contributed by atoms with van der Waals surface area (Å²) in [5.41, 5.74) is 5.33. The highest BCUT2D eigenvalue weighted by atomic mass is 28.4. The van der Waals surface area contributed by atoms with E-state index in [0.717, 1.165) is 29.5 Å². The Labute approximate surface area is 337 Å². The summed E-state index contributed by atoms with van der Waals surface area (Å²) in [5, 5.41) is 12.0. The Morgan fingerprint density at radius 2 is 1.23 bits per heavy atom. The van der Waals surface area contributed by atoms with Crippen LogP contribution in [-0.4, -0.2) is 50.7 Å². The number of carbonyl (C=O) groups is 1. The molecule has 0 unspecified atom stereocenters. The molecule has 0 aromatic heterocycles. The second-order valence-corrected chi connectivity index (χ2v) is 21.1. The van der Waals surface area contributed by atoms with Crippen molar-refractivity contribution in [2.45, 2.75) is 110 Å². The predicted octanol–water partition coefficient (Wildman–Crippen LogP) is 10.9. The minimum atomic E-state index is -2.10. The summed E-state index contributed by atoms with van der Waals surface area (Å²) in [6.07, 6.45) is 1.93. The Morgan fingerprint density at radius 3 is 1.75 bits per heavy atom. The van der Waals surface area contributed by atoms with Crippen molar-refractivity contribution >= 4 is 14.1 Å². The van der Waals surface area contributed by atoms with E-state index in [1.807, 2.05) is 103 Å². The number of rotatable bonds is 24. The topological polar surface area (TPSA) is 74.2 Å². The minimum absolute atomic E-state index is 0.0142. The molecular weight excluding hydrogens is 713 g/mol. The first kappa shape index (κ1) is 44.8. The molecule has 0 amide bonds. The van der Waals surface area contributed by atoms with Gasteiger partial charge in [0, 0.05) is 12.5 Å². The van der Waals surface area contributed by atoms with Gasteiger partial charge in [0.1, 0.15) is 12.2 Å². The van der Waals surface area contributed by atoms with Crippen molar-refractivity contribution < 1.29 is 28.5 Å². The fourth-order valence-corrected chi connectivity index (χ4v) is 7.75. The van der Waals surface area contributed by atoms with Gasteiger partial charge in [-0.2, -0.15) is 0 Å². The number of aliphatic hydroxyl groups excluding tert-OH is 1. The van der Waals surface area contributed by atoms with Gasteiger partial charge in [-0.3, -0.25) is 4.79 Å². The molecule has 56 heavy (non-hydrogen) atoms. The van der Waals surface area contributed by atoms with E-state index in [2.05, 4.69) is 71.6 Å². The fourth-order valence-electron chi connectivity index (χ4n) is 6.29. The molecule has 0 aliphatic rings. The van der Waals surface area contributed by atoms with Crippen LogP contribution >= 0.6 is 0 Å². The zero-order chi connectivity index (χ0) is 40.4. The highest BCUT2D eigenvalue weighted by molar-refractivity contribution is 6.74. The second kappa shape index (κ2) is 22.7. The third kappa shape index (κ3) is 14.8. The van der Waals surface area contributed by atoms with Crippen LogP contribution in [0.4, 0.5) is 0 Å². The number of hydrogen-bond acceptors (Lipinski definition) is 6. The smallest absolute Gasteiger partial charge is 0.192 e. The van der Waals surface area contributed by atoms with Gasteiger partial charge in [-0.25, -0.2) is 0 Å². The first-order valence-electron chi connectivity index (χ1n) is 20.0. The fraction of sp³-hybridized carbons (Fsp3) is 0.408. The Kier molecular flexibility index (Phi) is 18.1. The van der Waals surface area contributed by atoms with Crippen molar-refractivity contribution in [2.24, 2.45) is 5.92 Å². The molecule has 0 bridgehead atoms. The van der Waals surface area contributed by atoms with Gasteiger partial charge in [0.25, 0.3) is 0 Å². The molecule has 0 spiro atoms. The quantitative estimate of drug-likeness (QED) is 0.0434. The van der Waals surface area contributed by atoms with Crippen molar-refractivity contribution in [1.29, 1.82) is 0 Å². The summed E-state index contributed by atoms with van der Waals surface area (Å²) in [4.78, 5) is 14.2. The molecule has 4 aromatic carbocycles. The van der Waals surface area contributed by atoms with Crippen LogP contribution in [-0.2, 0) is 49.7 Å². The average Bonchev–Trinajstić information content (AvgIpc) is 3.19. The Hall–Kier alpha value is -3.95. The van der Waals surface area contributed by atoms with Gasteiger partial charge in [0.15, 0.2) is 14.1 Å². The first-order chi connectivity index (χ1) is 26.8. The summed E-state index contributed by atoms with van der Waals surface area (Å²) in [6, 6.07) is 40.1. The Morgan fingerprint density at radius 1 is 0.750 bits per heavy atom. The standard InChI is InChI=1S/C49H64O6Si/c1-38(33-40-21-12-8-13-22-40)46(55-56(6,7)49(3,4)5)30-20-29-45(50)48(54-36-43-27-18-11-19-28-43)47(51)39(2)44(37-53-35-42-25-16-10-17-26-42)31-32-52-34-41-23-14-9-15-24-41/h8-19,21-28,31,38,46-48,51H,2,20,29-30,32-37H2,1,3-7H3/b44-31+/t38-,46-,47+,48-/m1/s1. The van der Waals surface area contributed by atoms with Crippen LogP contribution in [0.25, 0.3) is 0 Å². The lowest BCUT2D eigenvalue weighted by Crippen LogP contribution is -2.45. The molecule has 0 aliphatic heterocycles. The van der Waals surface area contributed by atoms with E-state index in [9.17, 15) is 9.90 Å². The normalized spacial score (nSPS) is 14.5. The second-order valence-electron chi connectivity index (χ2n) is 16.3. The zero-order valence-corrected chi connectivity index (χ0v) is 35.5. The molecule has 0 fully saturated rings. The molecule has 6 nitrogen and oxygen atoms in total. The molecule has 0 saturated carbocycles. The number of benzene rings is 4. The first-order valence-corrected chi connectivity index (χ1v) is 22.9. The highest BCUT2D eigenvalue weighted by Gasteiger charge is 2.40. The van der Waals surface area contributed by atoms with Gasteiger partial charge in [-0.05, 0) is 76.7 Å². The predicted molar refractivity (Wildman–Crippen MR) is 231 cm³/mol. The molecule has 0 saturated heterocycles. The van der Waals surface area contributed by atoms with Crippen molar-refractivity contribution in [3.8, 4) is 0 Å². The van der Waals surface area contributed by atoms with E-state index in [4.69, 9.17) is 18.6 Å². The number of ether oxygens (including phenoxy) is 3. The maximum Gasteiger partial charge on any atom is 0.192 e. The minimum Gasteiger partial charge on any atom is -0.414 e. The average molecular weight is 777 g/mol. The lowest BCUT2D eigenvalue weighted by atomic mass is 9.91. The van der Waals surface area contributed by atoms with E-state index >= 15 is 0 Å². The van der Waals surface area contributed by atoms with Gasteiger partial charge in [0.05, 0.1) is 33.0 Å². The Bertz CT molecular complexity index is 1750. The number of aliphatic hydroxyl groups is 1. The largest absolute Gasteiger partial charge is 0.414 e. The molecule has 0 aliphatic carbocycles. The van der Waals surface area contributed by atoms with Crippen LogP contribution < -0.4 is 0 Å². The van der Waals surface area contributed by atoms with Crippen molar-refractivity contribution in [3.05, 3.63) is 167 Å². The van der Waals surface area contributed by atoms with E-state index in [1.165, 1.54) is 5.56 Å². The third-order valence-electron chi connectivity index (χ3n) is 10.8. The number of carbonyl (C=O) groups excluding carboxylic acids is 1. The lowest BCUT2D eigenvalue weighted by Gasteiger charge is -2.41. The van der Waals surface area contributed by atoms with E-state index in [0.29, 0.717) is 30.8 Å². The molecular formula is C49H64O6Si. The molecule has 4 aromatic rings. The lowest BCUT2D eigenvalue weighted by molar-refractivity contribution is -0.138. The summed E-state index contributed by atoms with van der Waals surface area (Å²) in [5.74, 6) is 0.0889. The van der Waals surface area contributed by atoms with Gasteiger partial charge >= 0.3 is 0 Å². The van der Waals surface area contributed by atoms with Crippen LogP contribution in [0, 0.1) is 5.92 Å². The van der Waals surface area contributed by atoms with E-state index in [1.54, 1.807) is 0 Å². The van der Waals surface area contributed by atoms with Gasteiger partial charge in [-0.1, -0.05) is 162 Å². The molecule has 0 radical (unpaired) electrons. The molecule has 0 heterocycles. The number of ketones is 1. The van der Waals surface area contributed by atoms with E-state index in [-0.39, 0.29) is 49.1 Å². The maximum absolute atomic E-state index is 14.2. The summed E-state index contributed by atoms with van der Waals surface area (Å²) < 4.78 is 25.5. The Balaban J connectivity index is 1.50. The van der Waals surface area contributed by atoms with Crippen LogP contribution in [0.3, 0.4) is 0 Å². The van der Waals surface area contributed by atoms with Crippen LogP contribution in [0.2, 0.25) is 18.1 Å². The van der Waals surface area contributed by atoms with Crippen molar-refractivity contribution in [1.82, 2.24) is 0 Å². The van der Waals surface area contributed by atoms with Crippen molar-refractivity contribution in [3.63, 3.8) is 0 Å². The van der Waals surface area contributed by atoms with Gasteiger partial charge < -0.3 is 23.7 Å². The number of Topliss-reactive ketones (excluding diaryl/α,β-unsaturated/α-hetero) is 1. The highest BCUT2D eigenvalue weighted by Crippen LogP contribution is 2.39. The molecule has 1 N–H and O–H groups in total. The molecule has 4 rings (SSSR count). The number of hydrogen-bond donors (Lipinski definition) is 1. The van der Waals surface area contributed by atoms with Gasteiger partial charge in [0.2, 0.25) is 0 Å².